The van der Waals surface area contributed by atoms with Crippen LogP contribution >= 0.6 is 11.3 Å². The van der Waals surface area contributed by atoms with Gasteiger partial charge in [0.05, 0.1) is 0 Å². The van der Waals surface area contributed by atoms with Crippen molar-refractivity contribution < 1.29 is 8.42 Å². The number of likely N-dealkylation sites (tertiary alicyclic amines) is 1. The molecule has 1 aromatic rings. The lowest BCUT2D eigenvalue weighted by molar-refractivity contribution is 0.407. The Hall–Kier alpha value is -0.470. The van der Waals surface area contributed by atoms with Crippen LogP contribution < -0.4 is 10.5 Å². The standard InChI is InChI=1S/C11H19N3O2S2/c1-14-7-5-9(8-14)13-18(15,16)11-3-2-10(17-11)4-6-12/h2-3,9,13H,4-8,12H2,1H3. The second-order valence-corrected chi connectivity index (χ2v) is 7.74. The first-order valence-electron chi connectivity index (χ1n) is 6.01. The summed E-state index contributed by atoms with van der Waals surface area (Å²) in [5, 5.41) is 0. The third-order valence-electron chi connectivity index (χ3n) is 3.01. The highest BCUT2D eigenvalue weighted by atomic mass is 32.2. The van der Waals surface area contributed by atoms with Crippen molar-refractivity contribution in [2.75, 3.05) is 26.7 Å². The second-order valence-electron chi connectivity index (χ2n) is 4.63. The first kappa shape index (κ1) is 14.0. The molecule has 0 spiro atoms. The van der Waals surface area contributed by atoms with Gasteiger partial charge in [0.2, 0.25) is 10.0 Å². The lowest BCUT2D eigenvalue weighted by Crippen LogP contribution is -2.36. The third-order valence-corrected chi connectivity index (χ3v) is 6.16. The summed E-state index contributed by atoms with van der Waals surface area (Å²) in [6.07, 6.45) is 1.60. The summed E-state index contributed by atoms with van der Waals surface area (Å²) in [6, 6.07) is 3.53. The maximum atomic E-state index is 12.2. The molecule has 1 fully saturated rings. The lowest BCUT2D eigenvalue weighted by atomic mass is 10.3. The van der Waals surface area contributed by atoms with E-state index in [2.05, 4.69) is 9.62 Å². The number of rotatable bonds is 5. The van der Waals surface area contributed by atoms with Gasteiger partial charge in [0, 0.05) is 17.5 Å². The maximum Gasteiger partial charge on any atom is 0.250 e. The number of likely N-dealkylation sites (N-methyl/N-ethyl adjacent to an activating group) is 1. The van der Waals surface area contributed by atoms with Gasteiger partial charge in [0.1, 0.15) is 4.21 Å². The van der Waals surface area contributed by atoms with E-state index in [1.807, 2.05) is 13.1 Å². The fourth-order valence-electron chi connectivity index (χ4n) is 2.09. The number of hydrogen-bond acceptors (Lipinski definition) is 5. The molecular weight excluding hydrogens is 270 g/mol. The van der Waals surface area contributed by atoms with Gasteiger partial charge in [-0.2, -0.15) is 0 Å². The van der Waals surface area contributed by atoms with Gasteiger partial charge in [-0.05, 0) is 45.1 Å². The molecule has 1 unspecified atom stereocenters. The number of nitrogens with zero attached hydrogens (tertiary/aromatic N) is 1. The minimum Gasteiger partial charge on any atom is -0.330 e. The Morgan fingerprint density at radius 1 is 1.56 bits per heavy atom. The highest BCUT2D eigenvalue weighted by molar-refractivity contribution is 7.91. The zero-order valence-electron chi connectivity index (χ0n) is 10.4. The van der Waals surface area contributed by atoms with E-state index in [9.17, 15) is 8.42 Å². The SMILES string of the molecule is CN1CCC(NS(=O)(=O)c2ccc(CCN)s2)C1. The molecule has 0 saturated carbocycles. The smallest absolute Gasteiger partial charge is 0.250 e. The quantitative estimate of drug-likeness (QED) is 0.814. The van der Waals surface area contributed by atoms with Crippen LogP contribution in [0.5, 0.6) is 0 Å². The van der Waals surface area contributed by atoms with Gasteiger partial charge in [0.25, 0.3) is 0 Å². The van der Waals surface area contributed by atoms with Gasteiger partial charge in [0.15, 0.2) is 0 Å². The molecule has 0 aromatic carbocycles. The Morgan fingerprint density at radius 3 is 2.94 bits per heavy atom. The topological polar surface area (TPSA) is 75.4 Å². The predicted octanol–water partition coefficient (Wildman–Crippen LogP) is 0.232. The van der Waals surface area contributed by atoms with Crippen LogP contribution in [0.4, 0.5) is 0 Å². The van der Waals surface area contributed by atoms with E-state index in [0.717, 1.165) is 30.8 Å². The summed E-state index contributed by atoms with van der Waals surface area (Å²) < 4.78 is 27.5. The van der Waals surface area contributed by atoms with E-state index in [4.69, 9.17) is 5.73 Å². The Labute approximate surface area is 112 Å². The molecule has 0 aliphatic carbocycles. The molecular formula is C11H19N3O2S2. The fraction of sp³-hybridized carbons (Fsp3) is 0.636. The van der Waals surface area contributed by atoms with Gasteiger partial charge in [-0.25, -0.2) is 13.1 Å². The van der Waals surface area contributed by atoms with Crippen molar-refractivity contribution in [1.82, 2.24) is 9.62 Å². The van der Waals surface area contributed by atoms with Crippen LogP contribution in [0.15, 0.2) is 16.3 Å². The van der Waals surface area contributed by atoms with Crippen molar-refractivity contribution in [2.24, 2.45) is 5.73 Å². The van der Waals surface area contributed by atoms with Crippen LogP contribution in [-0.2, 0) is 16.4 Å². The van der Waals surface area contributed by atoms with E-state index in [1.165, 1.54) is 11.3 Å². The Balaban J connectivity index is 2.05. The molecule has 0 amide bonds. The highest BCUT2D eigenvalue weighted by Gasteiger charge is 2.26. The monoisotopic (exact) mass is 289 g/mol. The van der Waals surface area contributed by atoms with Crippen LogP contribution in [0, 0.1) is 0 Å². The highest BCUT2D eigenvalue weighted by Crippen LogP contribution is 2.22. The summed E-state index contributed by atoms with van der Waals surface area (Å²) in [6.45, 7) is 2.26. The van der Waals surface area contributed by atoms with E-state index in [-0.39, 0.29) is 6.04 Å². The van der Waals surface area contributed by atoms with Crippen molar-refractivity contribution in [3.63, 3.8) is 0 Å². The second kappa shape index (κ2) is 5.66. The van der Waals surface area contributed by atoms with Crippen molar-refractivity contribution in [3.05, 3.63) is 17.0 Å². The lowest BCUT2D eigenvalue weighted by Gasteiger charge is -2.12. The van der Waals surface area contributed by atoms with Gasteiger partial charge in [-0.15, -0.1) is 11.3 Å². The predicted molar refractivity (Wildman–Crippen MR) is 73.3 cm³/mol. The van der Waals surface area contributed by atoms with Crippen LogP contribution in [-0.4, -0.2) is 46.0 Å². The molecule has 7 heteroatoms. The molecule has 2 rings (SSSR count). The number of hydrogen-bond donors (Lipinski definition) is 2. The largest absolute Gasteiger partial charge is 0.330 e. The number of sulfonamides is 1. The van der Waals surface area contributed by atoms with E-state index in [1.54, 1.807) is 6.07 Å². The van der Waals surface area contributed by atoms with Crippen LogP contribution in [0.2, 0.25) is 0 Å². The summed E-state index contributed by atoms with van der Waals surface area (Å²) in [4.78, 5) is 3.14. The molecule has 0 radical (unpaired) electrons. The van der Waals surface area contributed by atoms with Crippen LogP contribution in [0.3, 0.4) is 0 Å². The third kappa shape index (κ3) is 3.30. The van der Waals surface area contributed by atoms with Crippen molar-refractivity contribution in [1.29, 1.82) is 0 Å². The molecule has 3 N–H and O–H groups in total. The Bertz CT molecular complexity index is 498. The van der Waals surface area contributed by atoms with Crippen molar-refractivity contribution in [3.8, 4) is 0 Å². The molecule has 1 saturated heterocycles. The van der Waals surface area contributed by atoms with Crippen LogP contribution in [0.1, 0.15) is 11.3 Å². The molecule has 18 heavy (non-hydrogen) atoms. The normalized spacial score (nSPS) is 21.6. The molecule has 0 bridgehead atoms. The molecule has 2 heterocycles. The molecule has 102 valence electrons. The molecule has 1 atom stereocenters. The zero-order valence-corrected chi connectivity index (χ0v) is 12.1. The van der Waals surface area contributed by atoms with Gasteiger partial charge < -0.3 is 10.6 Å². The Morgan fingerprint density at radius 2 is 2.33 bits per heavy atom. The minimum absolute atomic E-state index is 0.0278. The molecule has 1 aliphatic heterocycles. The number of nitrogens with two attached hydrogens (primary N) is 1. The van der Waals surface area contributed by atoms with Gasteiger partial charge >= 0.3 is 0 Å². The molecule has 1 aromatic heterocycles. The summed E-state index contributed by atoms with van der Waals surface area (Å²) in [5.41, 5.74) is 5.46. The van der Waals surface area contributed by atoms with Crippen molar-refractivity contribution in [2.45, 2.75) is 23.1 Å². The van der Waals surface area contributed by atoms with E-state index < -0.39 is 10.0 Å². The average Bonchev–Trinajstić information content (AvgIpc) is 2.88. The molecule has 1 aliphatic rings. The van der Waals surface area contributed by atoms with Gasteiger partial charge in [-0.1, -0.05) is 0 Å². The number of thiophene rings is 1. The molecule has 5 nitrogen and oxygen atoms in total. The average molecular weight is 289 g/mol. The minimum atomic E-state index is -3.36. The first-order chi connectivity index (χ1) is 8.51. The van der Waals surface area contributed by atoms with Crippen LogP contribution in [0.25, 0.3) is 0 Å². The Kier molecular flexibility index (Phi) is 4.39. The summed E-state index contributed by atoms with van der Waals surface area (Å²) >= 11 is 1.30. The van der Waals surface area contributed by atoms with Gasteiger partial charge in [-0.3, -0.25) is 0 Å². The number of nitrogens with one attached hydrogen (secondary N) is 1. The van der Waals surface area contributed by atoms with E-state index in [0.29, 0.717) is 10.8 Å². The fourth-order valence-corrected chi connectivity index (χ4v) is 4.74. The maximum absolute atomic E-state index is 12.2. The summed E-state index contributed by atoms with van der Waals surface area (Å²) in [5.74, 6) is 0. The summed E-state index contributed by atoms with van der Waals surface area (Å²) in [7, 11) is -1.36. The first-order valence-corrected chi connectivity index (χ1v) is 8.31. The zero-order chi connectivity index (χ0) is 13.2. The van der Waals surface area contributed by atoms with E-state index >= 15 is 0 Å². The van der Waals surface area contributed by atoms with Crippen molar-refractivity contribution >= 4 is 21.4 Å².